The van der Waals surface area contributed by atoms with Gasteiger partial charge in [-0.25, -0.2) is 14.9 Å². The number of hydroxylamine groups is 1. The van der Waals surface area contributed by atoms with Crippen molar-refractivity contribution in [2.75, 3.05) is 6.61 Å². The molecule has 1 N–H and O–H groups in total. The normalized spacial score (nSPS) is 12.0. The van der Waals surface area contributed by atoms with Gasteiger partial charge in [-0.2, -0.15) is 0 Å². The Kier molecular flexibility index (Phi) is 8.49. The molecular weight excluding hydrogens is 385 g/mol. The van der Waals surface area contributed by atoms with E-state index in [0.717, 1.165) is 0 Å². The van der Waals surface area contributed by atoms with Crippen molar-refractivity contribution in [2.24, 2.45) is 9.98 Å². The van der Waals surface area contributed by atoms with Gasteiger partial charge in [0.1, 0.15) is 21.5 Å². The second kappa shape index (κ2) is 11.1. The highest BCUT2D eigenvalue weighted by Crippen LogP contribution is 2.20. The minimum absolute atomic E-state index is 0.104. The van der Waals surface area contributed by atoms with E-state index in [2.05, 4.69) is 27.2 Å². The number of carbonyl (C=O) groups excluding carboxylic acids is 1. The van der Waals surface area contributed by atoms with Crippen LogP contribution in [0.15, 0.2) is 58.8 Å². The van der Waals surface area contributed by atoms with Crippen molar-refractivity contribution in [3.8, 4) is 5.88 Å². The second-order valence-corrected chi connectivity index (χ2v) is 5.93. The molecule has 0 aliphatic rings. The van der Waals surface area contributed by atoms with Crippen LogP contribution in [0.2, 0.25) is 0 Å². The monoisotopic (exact) mass is 404 g/mol. The van der Waals surface area contributed by atoms with Gasteiger partial charge in [0, 0.05) is 35.0 Å². The first-order chi connectivity index (χ1) is 14.4. The Morgan fingerprint density at radius 2 is 2.10 bits per heavy atom. The summed E-state index contributed by atoms with van der Waals surface area (Å²) in [6.45, 7) is 5.87. The number of benzene rings is 1. The Labute approximate surface area is 176 Å². The van der Waals surface area contributed by atoms with Gasteiger partial charge in [0.25, 0.3) is 0 Å². The van der Waals surface area contributed by atoms with Crippen molar-refractivity contribution in [1.82, 2.24) is 10.5 Å². The van der Waals surface area contributed by atoms with E-state index in [1.807, 2.05) is 6.92 Å². The molecule has 1 aromatic heterocycles. The number of aliphatic imine (C=N–C) groups is 2. The highest BCUT2D eigenvalue weighted by molar-refractivity contribution is 6.38. The van der Waals surface area contributed by atoms with Gasteiger partial charge in [0.05, 0.1) is 24.9 Å². The maximum absolute atomic E-state index is 13.8. The molecule has 2 rings (SSSR count). The van der Waals surface area contributed by atoms with Crippen molar-refractivity contribution >= 4 is 40.2 Å². The second-order valence-electron chi connectivity index (χ2n) is 5.93. The van der Waals surface area contributed by atoms with Gasteiger partial charge in [-0.3, -0.25) is 19.6 Å². The fraction of sp³-hybridized carbons (Fsp3) is 0.200. The average Bonchev–Trinajstić information content (AvgIpc) is 2.74. The first-order valence-electron chi connectivity index (χ1n) is 8.94. The molecule has 4 radical (unpaired) electrons. The van der Waals surface area contributed by atoms with Crippen LogP contribution in [0, 0.1) is 5.82 Å². The number of aromatic nitrogens is 1. The van der Waals surface area contributed by atoms with E-state index >= 15 is 0 Å². The number of ether oxygens (including phenoxy) is 1. The minimum atomic E-state index is -2.03. The van der Waals surface area contributed by atoms with Gasteiger partial charge < -0.3 is 4.74 Å². The lowest BCUT2D eigenvalue weighted by Crippen LogP contribution is -2.40. The Hall–Kier alpha value is -3.26. The van der Waals surface area contributed by atoms with Crippen LogP contribution in [0.25, 0.3) is 5.70 Å². The number of nitrogens with zero attached hydrogens (tertiary/aromatic N) is 3. The van der Waals surface area contributed by atoms with Crippen LogP contribution in [-0.4, -0.2) is 46.1 Å². The molecule has 0 fully saturated rings. The highest BCUT2D eigenvalue weighted by Gasteiger charge is 2.24. The zero-order valence-corrected chi connectivity index (χ0v) is 16.4. The SMILES string of the molecule is [B]C([B])(ONC(=O)CC=N/C=C(\N=C)c1ccc(OCC)nc1)c1ccccc1F. The quantitative estimate of drug-likeness (QED) is 0.374. The Bertz CT molecular complexity index is 934. The van der Waals surface area contributed by atoms with E-state index in [1.54, 1.807) is 24.4 Å². The molecule has 30 heavy (non-hydrogen) atoms. The number of pyridine rings is 1. The zero-order valence-electron chi connectivity index (χ0n) is 16.4. The van der Waals surface area contributed by atoms with Crippen LogP contribution in [0.5, 0.6) is 5.88 Å². The fourth-order valence-electron chi connectivity index (χ4n) is 2.25. The van der Waals surface area contributed by atoms with E-state index in [4.69, 9.17) is 25.3 Å². The lowest BCUT2D eigenvalue weighted by molar-refractivity contribution is -0.136. The van der Waals surface area contributed by atoms with Crippen molar-refractivity contribution in [1.29, 1.82) is 0 Å². The van der Waals surface area contributed by atoms with Crippen molar-refractivity contribution < 1.29 is 18.8 Å². The molecule has 0 saturated heterocycles. The number of carbonyl (C=O) groups is 1. The third-order valence-corrected chi connectivity index (χ3v) is 3.70. The standard InChI is InChI=1S/C20H19B2FN4O3/c1-3-29-19-9-8-14(12-26-19)17(24-2)13-25-11-10-18(28)27-30-20(21,22)15-6-4-5-7-16(15)23/h4-9,11-13H,2-3,10H2,1H3,(H,27,28)/b17-13-,25-11?. The third kappa shape index (κ3) is 6.66. The number of hydrogen-bond donors (Lipinski definition) is 1. The molecule has 0 bridgehead atoms. The number of hydrogen-bond acceptors (Lipinski definition) is 6. The summed E-state index contributed by atoms with van der Waals surface area (Å²) in [6, 6.07) is 9.02. The minimum Gasteiger partial charge on any atom is -0.478 e. The fourth-order valence-corrected chi connectivity index (χ4v) is 2.25. The van der Waals surface area contributed by atoms with Crippen LogP contribution in [0.4, 0.5) is 4.39 Å². The summed E-state index contributed by atoms with van der Waals surface area (Å²) in [5, 5.41) is -2.03. The van der Waals surface area contributed by atoms with Gasteiger partial charge in [0.2, 0.25) is 11.8 Å². The van der Waals surface area contributed by atoms with Crippen LogP contribution in [0.3, 0.4) is 0 Å². The third-order valence-electron chi connectivity index (χ3n) is 3.70. The van der Waals surface area contributed by atoms with Gasteiger partial charge in [0.15, 0.2) is 0 Å². The molecule has 7 nitrogen and oxygen atoms in total. The molecule has 0 unspecified atom stereocenters. The molecule has 10 heteroatoms. The van der Waals surface area contributed by atoms with Crippen LogP contribution >= 0.6 is 0 Å². The van der Waals surface area contributed by atoms with Crippen molar-refractivity contribution in [2.45, 2.75) is 18.7 Å². The first kappa shape index (κ1) is 23.0. The average molecular weight is 404 g/mol. The smallest absolute Gasteiger partial charge is 0.248 e. The lowest BCUT2D eigenvalue weighted by atomic mass is 9.61. The number of halogens is 1. The topological polar surface area (TPSA) is 85.2 Å². The lowest BCUT2D eigenvalue weighted by Gasteiger charge is -2.26. The number of amides is 1. The van der Waals surface area contributed by atoms with Crippen LogP contribution in [0.1, 0.15) is 24.5 Å². The maximum Gasteiger partial charge on any atom is 0.248 e. The Morgan fingerprint density at radius 3 is 2.73 bits per heavy atom. The molecule has 2 aromatic rings. The van der Waals surface area contributed by atoms with Gasteiger partial charge in [-0.05, 0) is 25.8 Å². The van der Waals surface area contributed by atoms with E-state index < -0.39 is 17.1 Å². The zero-order chi connectivity index (χ0) is 22.0. The predicted octanol–water partition coefficient (Wildman–Crippen LogP) is 2.27. The summed E-state index contributed by atoms with van der Waals surface area (Å²) >= 11 is 0. The molecule has 1 aromatic carbocycles. The van der Waals surface area contributed by atoms with Gasteiger partial charge in [-0.1, -0.05) is 18.2 Å². The number of nitrogens with one attached hydrogen (secondary N) is 1. The summed E-state index contributed by atoms with van der Waals surface area (Å²) in [6.07, 6.45) is 4.18. The molecule has 0 spiro atoms. The van der Waals surface area contributed by atoms with E-state index in [9.17, 15) is 9.18 Å². The Balaban J connectivity index is 1.90. The molecule has 1 amide bonds. The van der Waals surface area contributed by atoms with Crippen molar-refractivity contribution in [3.05, 3.63) is 65.7 Å². The van der Waals surface area contributed by atoms with Crippen LogP contribution in [-0.2, 0) is 15.0 Å². The summed E-state index contributed by atoms with van der Waals surface area (Å²) in [5.74, 6) is -0.743. The van der Waals surface area contributed by atoms with E-state index in [1.165, 1.54) is 30.6 Å². The largest absolute Gasteiger partial charge is 0.478 e. The molecule has 0 aliphatic heterocycles. The predicted molar refractivity (Wildman–Crippen MR) is 115 cm³/mol. The molecule has 0 saturated carbocycles. The first-order valence-corrected chi connectivity index (χ1v) is 8.94. The molecule has 150 valence electrons. The van der Waals surface area contributed by atoms with Gasteiger partial charge >= 0.3 is 0 Å². The molecule has 1 heterocycles. The molecule has 0 aliphatic carbocycles. The van der Waals surface area contributed by atoms with E-state index in [0.29, 0.717) is 23.7 Å². The Morgan fingerprint density at radius 1 is 1.33 bits per heavy atom. The van der Waals surface area contributed by atoms with E-state index in [-0.39, 0.29) is 12.0 Å². The summed E-state index contributed by atoms with van der Waals surface area (Å²) in [7, 11) is 11.4. The van der Waals surface area contributed by atoms with Crippen LogP contribution < -0.4 is 10.2 Å². The molecule has 0 atom stereocenters. The maximum atomic E-state index is 13.8. The molecular formula is C20H19B2FN4O3. The summed E-state index contributed by atoms with van der Waals surface area (Å²) < 4.78 is 19.0. The summed E-state index contributed by atoms with van der Waals surface area (Å²) in [4.78, 5) is 28.9. The summed E-state index contributed by atoms with van der Waals surface area (Å²) in [5.41, 5.74) is 3.11. The highest BCUT2D eigenvalue weighted by atomic mass is 19.1. The number of rotatable bonds is 10. The van der Waals surface area contributed by atoms with Gasteiger partial charge in [-0.15, -0.1) is 0 Å². The van der Waals surface area contributed by atoms with Crippen molar-refractivity contribution in [3.63, 3.8) is 0 Å².